The molecular weight excluding hydrogens is 214 g/mol. The minimum atomic E-state index is -0.150. The average molecular weight is 229 g/mol. The van der Waals surface area contributed by atoms with E-state index in [4.69, 9.17) is 15.3 Å². The molecule has 4 heteroatoms. The van der Waals surface area contributed by atoms with Crippen LogP contribution in [0.3, 0.4) is 0 Å². The monoisotopic (exact) mass is 229 g/mol. The van der Waals surface area contributed by atoms with E-state index >= 15 is 0 Å². The van der Waals surface area contributed by atoms with Gasteiger partial charge in [0.2, 0.25) is 0 Å². The highest BCUT2D eigenvalue weighted by Crippen LogP contribution is 2.19. The molecule has 0 aliphatic heterocycles. The molecule has 0 amide bonds. The normalized spacial score (nSPS) is 11.6. The lowest BCUT2D eigenvalue weighted by Gasteiger charge is -2.19. The molecule has 88 valence electrons. The molecule has 0 saturated carbocycles. The molecule has 1 rings (SSSR count). The first kappa shape index (κ1) is 13.0. The number of nitriles is 2. The summed E-state index contributed by atoms with van der Waals surface area (Å²) in [6, 6.07) is 9.59. The van der Waals surface area contributed by atoms with E-state index in [1.807, 2.05) is 24.9 Å². The third-order valence-corrected chi connectivity index (χ3v) is 2.66. The van der Waals surface area contributed by atoms with Crippen molar-refractivity contribution in [2.24, 2.45) is 0 Å². The summed E-state index contributed by atoms with van der Waals surface area (Å²) in [7, 11) is 3.42. The van der Waals surface area contributed by atoms with Crippen LogP contribution in [0.4, 0.5) is 0 Å². The molecule has 0 aliphatic carbocycles. The Morgan fingerprint density at radius 3 is 2.65 bits per heavy atom. The summed E-state index contributed by atoms with van der Waals surface area (Å²) in [4.78, 5) is 1.92. The van der Waals surface area contributed by atoms with Crippen molar-refractivity contribution in [3.8, 4) is 17.9 Å². The molecule has 1 unspecified atom stereocenters. The highest BCUT2D eigenvalue weighted by atomic mass is 16.5. The first-order chi connectivity index (χ1) is 8.12. The molecule has 0 bridgehead atoms. The Hall–Kier alpha value is -2.04. The molecule has 1 aromatic carbocycles. The molecule has 0 radical (unpaired) electrons. The zero-order valence-corrected chi connectivity index (χ0v) is 10.3. The van der Waals surface area contributed by atoms with Crippen LogP contribution in [-0.4, -0.2) is 25.1 Å². The summed E-state index contributed by atoms with van der Waals surface area (Å²) < 4.78 is 5.08. The van der Waals surface area contributed by atoms with Crippen LogP contribution >= 0.6 is 0 Å². The van der Waals surface area contributed by atoms with E-state index < -0.39 is 0 Å². The quantitative estimate of drug-likeness (QED) is 0.791. The second-order valence-electron chi connectivity index (χ2n) is 3.87. The second-order valence-corrected chi connectivity index (χ2v) is 3.87. The minimum Gasteiger partial charge on any atom is -0.495 e. The van der Waals surface area contributed by atoms with Crippen molar-refractivity contribution < 1.29 is 4.74 Å². The van der Waals surface area contributed by atoms with Crippen molar-refractivity contribution in [3.05, 3.63) is 29.3 Å². The van der Waals surface area contributed by atoms with Gasteiger partial charge in [0.05, 0.1) is 24.8 Å². The predicted molar refractivity (Wildman–Crippen MR) is 64.3 cm³/mol. The van der Waals surface area contributed by atoms with Gasteiger partial charge in [0.25, 0.3) is 0 Å². The van der Waals surface area contributed by atoms with Crippen molar-refractivity contribution in [2.45, 2.75) is 19.5 Å². The van der Waals surface area contributed by atoms with Gasteiger partial charge >= 0.3 is 0 Å². The van der Waals surface area contributed by atoms with Gasteiger partial charge < -0.3 is 4.74 Å². The van der Waals surface area contributed by atoms with Gasteiger partial charge in [-0.1, -0.05) is 6.07 Å². The van der Waals surface area contributed by atoms with Gasteiger partial charge in [-0.05, 0) is 31.7 Å². The molecule has 0 aliphatic rings. The highest BCUT2D eigenvalue weighted by Gasteiger charge is 2.10. The van der Waals surface area contributed by atoms with Crippen LogP contribution in [0.15, 0.2) is 18.2 Å². The smallest absolute Gasteiger partial charge is 0.136 e. The van der Waals surface area contributed by atoms with Crippen LogP contribution in [0.1, 0.15) is 18.1 Å². The van der Waals surface area contributed by atoms with E-state index in [0.717, 1.165) is 5.56 Å². The summed E-state index contributed by atoms with van der Waals surface area (Å²) in [5.74, 6) is 0.576. The summed E-state index contributed by atoms with van der Waals surface area (Å²) in [5.41, 5.74) is 1.51. The largest absolute Gasteiger partial charge is 0.495 e. The van der Waals surface area contributed by atoms with Gasteiger partial charge in [-0.3, -0.25) is 4.90 Å². The molecular formula is C13H15N3O. The fraction of sp³-hybridized carbons (Fsp3) is 0.385. The molecule has 0 aromatic heterocycles. The van der Waals surface area contributed by atoms with E-state index in [1.165, 1.54) is 0 Å². The van der Waals surface area contributed by atoms with Crippen LogP contribution in [-0.2, 0) is 6.54 Å². The lowest BCUT2D eigenvalue weighted by molar-refractivity contribution is 0.294. The lowest BCUT2D eigenvalue weighted by atomic mass is 10.1. The molecule has 0 N–H and O–H groups in total. The van der Waals surface area contributed by atoms with Crippen molar-refractivity contribution in [2.75, 3.05) is 14.2 Å². The van der Waals surface area contributed by atoms with Crippen molar-refractivity contribution >= 4 is 0 Å². The first-order valence-electron chi connectivity index (χ1n) is 5.29. The number of benzene rings is 1. The Labute approximate surface area is 102 Å². The Bertz CT molecular complexity index is 471. The molecule has 1 aromatic rings. The number of hydrogen-bond acceptors (Lipinski definition) is 4. The van der Waals surface area contributed by atoms with Gasteiger partial charge in [-0.15, -0.1) is 0 Å². The van der Waals surface area contributed by atoms with Gasteiger partial charge in [0.15, 0.2) is 0 Å². The van der Waals surface area contributed by atoms with Gasteiger partial charge in [0, 0.05) is 6.54 Å². The van der Waals surface area contributed by atoms with Crippen LogP contribution in [0.5, 0.6) is 5.75 Å². The van der Waals surface area contributed by atoms with Crippen LogP contribution in [0, 0.1) is 22.7 Å². The SMILES string of the molecule is COc1ccc(CN(C)C(C)C#N)cc1C#N. The number of nitrogens with zero attached hydrogens (tertiary/aromatic N) is 3. The number of ether oxygens (including phenoxy) is 1. The lowest BCUT2D eigenvalue weighted by Crippen LogP contribution is -2.26. The van der Waals surface area contributed by atoms with E-state index in [1.54, 1.807) is 19.2 Å². The number of hydrogen-bond donors (Lipinski definition) is 0. The van der Waals surface area contributed by atoms with Crippen molar-refractivity contribution in [3.63, 3.8) is 0 Å². The zero-order valence-electron chi connectivity index (χ0n) is 10.3. The van der Waals surface area contributed by atoms with Gasteiger partial charge in [0.1, 0.15) is 11.8 Å². The van der Waals surface area contributed by atoms with E-state index in [-0.39, 0.29) is 6.04 Å². The Balaban J connectivity index is 2.88. The zero-order chi connectivity index (χ0) is 12.8. The summed E-state index contributed by atoms with van der Waals surface area (Å²) in [6.07, 6.45) is 0. The first-order valence-corrected chi connectivity index (χ1v) is 5.29. The Morgan fingerprint density at radius 1 is 1.41 bits per heavy atom. The topological polar surface area (TPSA) is 60.0 Å². The van der Waals surface area contributed by atoms with E-state index in [9.17, 15) is 0 Å². The predicted octanol–water partition coefficient (Wildman–Crippen LogP) is 1.91. The van der Waals surface area contributed by atoms with Gasteiger partial charge in [-0.2, -0.15) is 10.5 Å². The maximum Gasteiger partial charge on any atom is 0.136 e. The minimum absolute atomic E-state index is 0.150. The third-order valence-electron chi connectivity index (χ3n) is 2.66. The van der Waals surface area contributed by atoms with Crippen LogP contribution in [0.2, 0.25) is 0 Å². The highest BCUT2D eigenvalue weighted by molar-refractivity contribution is 5.45. The number of methoxy groups -OCH3 is 1. The molecule has 1 atom stereocenters. The molecule has 0 saturated heterocycles. The van der Waals surface area contributed by atoms with Crippen molar-refractivity contribution in [1.29, 1.82) is 10.5 Å². The molecule has 4 nitrogen and oxygen atoms in total. The molecule has 17 heavy (non-hydrogen) atoms. The fourth-order valence-corrected chi connectivity index (χ4v) is 1.46. The maximum absolute atomic E-state index is 8.97. The Morgan fingerprint density at radius 2 is 2.12 bits per heavy atom. The van der Waals surface area contributed by atoms with Gasteiger partial charge in [-0.25, -0.2) is 0 Å². The molecule has 0 fully saturated rings. The third kappa shape index (κ3) is 3.21. The average Bonchev–Trinajstić information content (AvgIpc) is 2.37. The second kappa shape index (κ2) is 5.89. The molecule has 0 spiro atoms. The summed E-state index contributed by atoms with van der Waals surface area (Å²) in [6.45, 7) is 2.47. The van der Waals surface area contributed by atoms with Crippen molar-refractivity contribution in [1.82, 2.24) is 4.90 Å². The van der Waals surface area contributed by atoms with E-state index in [2.05, 4.69) is 12.1 Å². The van der Waals surface area contributed by atoms with Crippen LogP contribution in [0.25, 0.3) is 0 Å². The Kier molecular flexibility index (Phi) is 4.51. The van der Waals surface area contributed by atoms with E-state index in [0.29, 0.717) is 17.9 Å². The summed E-state index contributed by atoms with van der Waals surface area (Å²) in [5, 5.41) is 17.8. The standard InChI is InChI=1S/C13H15N3O/c1-10(7-14)16(2)9-11-4-5-13(17-3)12(6-11)8-15/h4-6,10H,9H2,1-3H3. The fourth-order valence-electron chi connectivity index (χ4n) is 1.46. The maximum atomic E-state index is 8.97. The number of rotatable bonds is 4. The van der Waals surface area contributed by atoms with Crippen LogP contribution < -0.4 is 4.74 Å². The molecule has 0 heterocycles. The summed E-state index contributed by atoms with van der Waals surface area (Å²) >= 11 is 0.